The predicted octanol–water partition coefficient (Wildman–Crippen LogP) is 2.11. The molecule has 2 N–H and O–H groups in total. The molecule has 0 aliphatic carbocycles. The summed E-state index contributed by atoms with van der Waals surface area (Å²) >= 11 is 1.66. The number of hydrogen-bond acceptors (Lipinski definition) is 3. The van der Waals surface area contributed by atoms with Crippen LogP contribution in [0.15, 0.2) is 0 Å². The van der Waals surface area contributed by atoms with E-state index in [-0.39, 0.29) is 11.9 Å². The summed E-state index contributed by atoms with van der Waals surface area (Å²) in [6, 6.07) is 0.226. The Morgan fingerprint density at radius 2 is 1.81 bits per heavy atom. The Balaban J connectivity index is 3.81. The molecule has 0 radical (unpaired) electrons. The Kier molecular flexibility index (Phi) is 9.83. The standard InChI is InChI=1S/C12H26N2OS/c1-4-7-14(8-5-2)12(15)10-16-9-11(13)6-3/h11H,4-10,13H2,1-3H3. The van der Waals surface area contributed by atoms with Crippen molar-refractivity contribution in [3.63, 3.8) is 0 Å². The lowest BCUT2D eigenvalue weighted by Gasteiger charge is -2.21. The maximum atomic E-state index is 11.9. The van der Waals surface area contributed by atoms with Crippen molar-refractivity contribution in [3.8, 4) is 0 Å². The minimum absolute atomic E-state index is 0.226. The number of hydrogen-bond donors (Lipinski definition) is 1. The third-order valence-corrected chi connectivity index (χ3v) is 3.54. The Hall–Kier alpha value is -0.220. The van der Waals surface area contributed by atoms with E-state index in [0.717, 1.165) is 38.1 Å². The van der Waals surface area contributed by atoms with Crippen molar-refractivity contribution in [1.82, 2.24) is 4.90 Å². The average Bonchev–Trinajstić information content (AvgIpc) is 2.28. The molecule has 0 spiro atoms. The lowest BCUT2D eigenvalue weighted by molar-refractivity contribution is -0.128. The largest absolute Gasteiger partial charge is 0.342 e. The fourth-order valence-corrected chi connectivity index (χ4v) is 2.42. The first-order valence-electron chi connectivity index (χ1n) is 6.26. The van der Waals surface area contributed by atoms with Crippen molar-refractivity contribution in [2.24, 2.45) is 5.73 Å². The molecule has 1 unspecified atom stereocenters. The second kappa shape index (κ2) is 9.97. The zero-order valence-electron chi connectivity index (χ0n) is 10.9. The van der Waals surface area contributed by atoms with Gasteiger partial charge in [-0.2, -0.15) is 11.8 Å². The van der Waals surface area contributed by atoms with Gasteiger partial charge in [-0.3, -0.25) is 4.79 Å². The van der Waals surface area contributed by atoms with Gasteiger partial charge in [0.1, 0.15) is 0 Å². The molecule has 0 saturated carbocycles. The molecule has 1 atom stereocenters. The maximum absolute atomic E-state index is 11.9. The molecule has 0 aromatic carbocycles. The molecule has 3 nitrogen and oxygen atoms in total. The van der Waals surface area contributed by atoms with E-state index in [1.807, 2.05) is 4.90 Å². The number of amides is 1. The summed E-state index contributed by atoms with van der Waals surface area (Å²) in [5.41, 5.74) is 5.81. The van der Waals surface area contributed by atoms with E-state index in [9.17, 15) is 4.79 Å². The molecule has 16 heavy (non-hydrogen) atoms. The van der Waals surface area contributed by atoms with Gasteiger partial charge in [0.25, 0.3) is 0 Å². The molecule has 0 aliphatic heterocycles. The predicted molar refractivity (Wildman–Crippen MR) is 72.8 cm³/mol. The first-order chi connectivity index (χ1) is 7.65. The van der Waals surface area contributed by atoms with Gasteiger partial charge in [0.05, 0.1) is 5.75 Å². The van der Waals surface area contributed by atoms with Crippen LogP contribution in [-0.4, -0.2) is 41.4 Å². The highest BCUT2D eigenvalue weighted by molar-refractivity contribution is 7.99. The van der Waals surface area contributed by atoms with Gasteiger partial charge >= 0.3 is 0 Å². The van der Waals surface area contributed by atoms with Crippen LogP contribution in [0.4, 0.5) is 0 Å². The molecule has 0 heterocycles. The lowest BCUT2D eigenvalue weighted by atomic mass is 10.3. The van der Waals surface area contributed by atoms with Crippen LogP contribution >= 0.6 is 11.8 Å². The van der Waals surface area contributed by atoms with E-state index in [2.05, 4.69) is 20.8 Å². The summed E-state index contributed by atoms with van der Waals surface area (Å²) in [6.07, 6.45) is 3.05. The summed E-state index contributed by atoms with van der Waals surface area (Å²) in [7, 11) is 0. The minimum atomic E-state index is 0.226. The highest BCUT2D eigenvalue weighted by atomic mass is 32.2. The summed E-state index contributed by atoms with van der Waals surface area (Å²) < 4.78 is 0. The molecule has 0 rings (SSSR count). The molecule has 0 aromatic heterocycles. The van der Waals surface area contributed by atoms with Crippen LogP contribution < -0.4 is 5.73 Å². The van der Waals surface area contributed by atoms with Crippen molar-refractivity contribution in [1.29, 1.82) is 0 Å². The zero-order valence-corrected chi connectivity index (χ0v) is 11.7. The Morgan fingerprint density at radius 3 is 2.25 bits per heavy atom. The fraction of sp³-hybridized carbons (Fsp3) is 0.917. The van der Waals surface area contributed by atoms with Gasteiger partial charge in [-0.05, 0) is 19.3 Å². The van der Waals surface area contributed by atoms with E-state index in [1.165, 1.54) is 0 Å². The second-order valence-corrected chi connectivity index (χ2v) is 5.09. The molecular weight excluding hydrogens is 220 g/mol. The van der Waals surface area contributed by atoms with Gasteiger partial charge in [0, 0.05) is 24.9 Å². The van der Waals surface area contributed by atoms with Crippen LogP contribution in [0.3, 0.4) is 0 Å². The average molecular weight is 246 g/mol. The van der Waals surface area contributed by atoms with Crippen molar-refractivity contribution in [2.45, 2.75) is 46.1 Å². The molecule has 0 saturated heterocycles. The van der Waals surface area contributed by atoms with Crippen molar-refractivity contribution < 1.29 is 4.79 Å². The van der Waals surface area contributed by atoms with Gasteiger partial charge in [-0.25, -0.2) is 0 Å². The van der Waals surface area contributed by atoms with E-state index < -0.39 is 0 Å². The zero-order chi connectivity index (χ0) is 12.4. The summed E-state index contributed by atoms with van der Waals surface area (Å²) in [6.45, 7) is 8.06. The van der Waals surface area contributed by atoms with Crippen LogP contribution in [0, 0.1) is 0 Å². The second-order valence-electron chi connectivity index (χ2n) is 4.06. The minimum Gasteiger partial charge on any atom is -0.342 e. The highest BCUT2D eigenvalue weighted by Gasteiger charge is 2.11. The first kappa shape index (κ1) is 15.8. The summed E-state index contributed by atoms with van der Waals surface area (Å²) in [4.78, 5) is 13.8. The van der Waals surface area contributed by atoms with Crippen molar-refractivity contribution in [2.75, 3.05) is 24.6 Å². The number of nitrogens with zero attached hydrogens (tertiary/aromatic N) is 1. The SMILES string of the molecule is CCCN(CCC)C(=O)CSCC(N)CC. The van der Waals surface area contributed by atoms with Gasteiger partial charge in [-0.1, -0.05) is 20.8 Å². The smallest absolute Gasteiger partial charge is 0.232 e. The molecular formula is C12H26N2OS. The summed E-state index contributed by atoms with van der Waals surface area (Å²) in [5.74, 6) is 1.72. The number of carbonyl (C=O) groups excluding carboxylic acids is 1. The third kappa shape index (κ3) is 7.12. The van der Waals surface area contributed by atoms with Crippen LogP contribution in [0.25, 0.3) is 0 Å². The molecule has 96 valence electrons. The van der Waals surface area contributed by atoms with E-state index in [4.69, 9.17) is 5.73 Å². The number of thioether (sulfide) groups is 1. The summed E-state index contributed by atoms with van der Waals surface area (Å²) in [5, 5.41) is 0. The van der Waals surface area contributed by atoms with Gasteiger partial charge in [-0.15, -0.1) is 0 Å². The Labute approximate surface area is 104 Å². The van der Waals surface area contributed by atoms with Crippen LogP contribution in [0.1, 0.15) is 40.0 Å². The molecule has 0 bridgehead atoms. The molecule has 0 aliphatic rings. The Morgan fingerprint density at radius 1 is 1.25 bits per heavy atom. The molecule has 1 amide bonds. The highest BCUT2D eigenvalue weighted by Crippen LogP contribution is 2.06. The van der Waals surface area contributed by atoms with Crippen LogP contribution in [0.2, 0.25) is 0 Å². The third-order valence-electron chi connectivity index (χ3n) is 2.42. The van der Waals surface area contributed by atoms with E-state index >= 15 is 0 Å². The van der Waals surface area contributed by atoms with Gasteiger partial charge < -0.3 is 10.6 Å². The van der Waals surface area contributed by atoms with Gasteiger partial charge in [0.2, 0.25) is 5.91 Å². The Bertz CT molecular complexity index is 182. The van der Waals surface area contributed by atoms with Gasteiger partial charge in [0.15, 0.2) is 0 Å². The van der Waals surface area contributed by atoms with Crippen molar-refractivity contribution in [3.05, 3.63) is 0 Å². The number of rotatable bonds is 9. The van der Waals surface area contributed by atoms with Crippen molar-refractivity contribution >= 4 is 17.7 Å². The van der Waals surface area contributed by atoms with Crippen LogP contribution in [0.5, 0.6) is 0 Å². The molecule has 0 fully saturated rings. The number of nitrogens with two attached hydrogens (primary N) is 1. The van der Waals surface area contributed by atoms with Crippen LogP contribution in [-0.2, 0) is 4.79 Å². The molecule has 4 heteroatoms. The number of carbonyl (C=O) groups is 1. The maximum Gasteiger partial charge on any atom is 0.232 e. The lowest BCUT2D eigenvalue weighted by Crippen LogP contribution is -2.34. The van der Waals surface area contributed by atoms with E-state index in [1.54, 1.807) is 11.8 Å². The van der Waals surface area contributed by atoms with E-state index in [0.29, 0.717) is 5.75 Å². The topological polar surface area (TPSA) is 46.3 Å². The fourth-order valence-electron chi connectivity index (χ4n) is 1.41. The monoisotopic (exact) mass is 246 g/mol. The molecule has 0 aromatic rings. The first-order valence-corrected chi connectivity index (χ1v) is 7.42. The quantitative estimate of drug-likeness (QED) is 0.678. The normalized spacial score (nSPS) is 12.5.